The van der Waals surface area contributed by atoms with E-state index in [0.29, 0.717) is 26.2 Å². The van der Waals surface area contributed by atoms with Gasteiger partial charge in [0.1, 0.15) is 5.82 Å². The number of hydrogen-bond acceptors (Lipinski definition) is 7. The van der Waals surface area contributed by atoms with Gasteiger partial charge in [-0.25, -0.2) is 4.98 Å². The standard InChI is InChI=1S/C23H34N4O3/c1-26(2)12-6-14-30-20-9-8-19(15-21(20)29-3)16-24-17-23(28)10-13-27(18-23)22-7-4-5-11-25-22/h4-5,7-9,11,15,24,28H,6,10,12-14,16-18H2,1-3H3/t23-/m1/s1. The Morgan fingerprint density at radius 2 is 2.10 bits per heavy atom. The van der Waals surface area contributed by atoms with Crippen LogP contribution in [0.5, 0.6) is 11.5 Å². The molecule has 7 heteroatoms. The summed E-state index contributed by atoms with van der Waals surface area (Å²) in [5.41, 5.74) is 0.340. The number of anilines is 1. The molecular weight excluding hydrogens is 380 g/mol. The number of β-amino-alcohol motifs (C(OH)–C–C–N with tert-alkyl or cyclic N) is 1. The van der Waals surface area contributed by atoms with E-state index in [-0.39, 0.29) is 0 Å². The third-order valence-electron chi connectivity index (χ3n) is 5.32. The molecule has 1 aliphatic heterocycles. The van der Waals surface area contributed by atoms with Crippen LogP contribution in [-0.4, -0.2) is 74.6 Å². The Bertz CT molecular complexity index is 787. The van der Waals surface area contributed by atoms with Crippen LogP contribution in [0, 0.1) is 0 Å². The maximum absolute atomic E-state index is 10.9. The summed E-state index contributed by atoms with van der Waals surface area (Å²) in [5, 5.41) is 14.3. The molecular formula is C23H34N4O3. The van der Waals surface area contributed by atoms with Crippen LogP contribution in [0.15, 0.2) is 42.6 Å². The van der Waals surface area contributed by atoms with Crippen LogP contribution in [0.25, 0.3) is 0 Å². The molecule has 2 aromatic rings. The van der Waals surface area contributed by atoms with Gasteiger partial charge in [0, 0.05) is 38.9 Å². The predicted molar refractivity (Wildman–Crippen MR) is 119 cm³/mol. The van der Waals surface area contributed by atoms with E-state index in [0.717, 1.165) is 48.8 Å². The summed E-state index contributed by atoms with van der Waals surface area (Å²) >= 11 is 0. The third-order valence-corrected chi connectivity index (χ3v) is 5.32. The van der Waals surface area contributed by atoms with Crippen molar-refractivity contribution in [2.24, 2.45) is 0 Å². The van der Waals surface area contributed by atoms with Gasteiger partial charge in [0.05, 0.1) is 19.3 Å². The number of rotatable bonds is 11. The lowest BCUT2D eigenvalue weighted by Gasteiger charge is -2.24. The highest BCUT2D eigenvalue weighted by Crippen LogP contribution is 2.29. The smallest absolute Gasteiger partial charge is 0.161 e. The van der Waals surface area contributed by atoms with E-state index in [9.17, 15) is 5.11 Å². The zero-order chi connectivity index (χ0) is 21.4. The normalized spacial score (nSPS) is 18.8. The number of nitrogens with one attached hydrogen (secondary N) is 1. The minimum Gasteiger partial charge on any atom is -0.493 e. The molecule has 1 aliphatic rings. The molecule has 0 aliphatic carbocycles. The predicted octanol–water partition coefficient (Wildman–Crippen LogP) is 2.15. The van der Waals surface area contributed by atoms with Gasteiger partial charge in [-0.05, 0) is 56.8 Å². The summed E-state index contributed by atoms with van der Waals surface area (Å²) < 4.78 is 11.4. The maximum atomic E-state index is 10.9. The number of nitrogens with zero attached hydrogens (tertiary/aromatic N) is 3. The van der Waals surface area contributed by atoms with E-state index in [1.54, 1.807) is 13.3 Å². The molecule has 2 heterocycles. The molecule has 0 amide bonds. The van der Waals surface area contributed by atoms with Gasteiger partial charge in [-0.3, -0.25) is 0 Å². The molecule has 1 atom stereocenters. The van der Waals surface area contributed by atoms with Gasteiger partial charge in [-0.2, -0.15) is 0 Å². The molecule has 1 saturated heterocycles. The van der Waals surface area contributed by atoms with Crippen LogP contribution in [0.3, 0.4) is 0 Å². The summed E-state index contributed by atoms with van der Waals surface area (Å²) in [7, 11) is 5.77. The largest absolute Gasteiger partial charge is 0.493 e. The van der Waals surface area contributed by atoms with Crippen molar-refractivity contribution in [2.45, 2.75) is 25.0 Å². The Hall–Kier alpha value is -2.35. The summed E-state index contributed by atoms with van der Waals surface area (Å²) in [5.74, 6) is 2.42. The van der Waals surface area contributed by atoms with Crippen molar-refractivity contribution < 1.29 is 14.6 Å². The quantitative estimate of drug-likeness (QED) is 0.546. The summed E-state index contributed by atoms with van der Waals surface area (Å²) in [6, 6.07) is 11.8. The fourth-order valence-corrected chi connectivity index (χ4v) is 3.68. The summed E-state index contributed by atoms with van der Waals surface area (Å²) in [6.45, 7) is 4.23. The lowest BCUT2D eigenvalue weighted by Crippen LogP contribution is -2.43. The van der Waals surface area contributed by atoms with Crippen molar-refractivity contribution in [2.75, 3.05) is 58.9 Å². The molecule has 7 nitrogen and oxygen atoms in total. The van der Waals surface area contributed by atoms with E-state index in [1.807, 2.05) is 36.4 Å². The SMILES string of the molecule is COc1cc(CNC[C@]2(O)CCN(c3ccccn3)C2)ccc1OCCCN(C)C. The van der Waals surface area contributed by atoms with Crippen LogP contribution >= 0.6 is 0 Å². The molecule has 0 bridgehead atoms. The second-order valence-corrected chi connectivity index (χ2v) is 8.18. The van der Waals surface area contributed by atoms with Crippen molar-refractivity contribution in [3.63, 3.8) is 0 Å². The molecule has 1 aromatic carbocycles. The van der Waals surface area contributed by atoms with Gasteiger partial charge in [-0.1, -0.05) is 12.1 Å². The number of pyridine rings is 1. The van der Waals surface area contributed by atoms with E-state index < -0.39 is 5.60 Å². The summed E-state index contributed by atoms with van der Waals surface area (Å²) in [4.78, 5) is 8.66. The van der Waals surface area contributed by atoms with Crippen LogP contribution in [0.2, 0.25) is 0 Å². The third kappa shape index (κ3) is 6.32. The molecule has 164 valence electrons. The lowest BCUT2D eigenvalue weighted by molar-refractivity contribution is 0.0626. The first kappa shape index (κ1) is 22.3. The zero-order valence-corrected chi connectivity index (χ0v) is 18.3. The molecule has 0 radical (unpaired) electrons. The maximum Gasteiger partial charge on any atom is 0.161 e. The monoisotopic (exact) mass is 414 g/mol. The second-order valence-electron chi connectivity index (χ2n) is 8.18. The van der Waals surface area contributed by atoms with Crippen molar-refractivity contribution in [3.05, 3.63) is 48.2 Å². The molecule has 1 fully saturated rings. The van der Waals surface area contributed by atoms with E-state index in [1.165, 1.54) is 0 Å². The fraction of sp³-hybridized carbons (Fsp3) is 0.522. The number of hydrogen-bond donors (Lipinski definition) is 2. The molecule has 1 aromatic heterocycles. The van der Waals surface area contributed by atoms with Crippen LogP contribution in [-0.2, 0) is 6.54 Å². The Labute approximate surface area is 179 Å². The van der Waals surface area contributed by atoms with Gasteiger partial charge >= 0.3 is 0 Å². The fourth-order valence-electron chi connectivity index (χ4n) is 3.68. The summed E-state index contributed by atoms with van der Waals surface area (Å²) in [6.07, 6.45) is 3.47. The van der Waals surface area contributed by atoms with Gasteiger partial charge in [0.2, 0.25) is 0 Å². The minimum atomic E-state index is -0.753. The highest BCUT2D eigenvalue weighted by molar-refractivity contribution is 5.43. The van der Waals surface area contributed by atoms with Gasteiger partial charge < -0.3 is 29.7 Å². The average Bonchev–Trinajstić information content (AvgIpc) is 3.14. The van der Waals surface area contributed by atoms with Gasteiger partial charge in [0.25, 0.3) is 0 Å². The number of benzene rings is 1. The minimum absolute atomic E-state index is 0.529. The number of aromatic nitrogens is 1. The van der Waals surface area contributed by atoms with Crippen LogP contribution in [0.1, 0.15) is 18.4 Å². The Kier molecular flexibility index (Phi) is 7.90. The van der Waals surface area contributed by atoms with Crippen molar-refractivity contribution >= 4 is 5.82 Å². The van der Waals surface area contributed by atoms with Crippen molar-refractivity contribution in [1.29, 1.82) is 0 Å². The molecule has 3 rings (SSSR count). The zero-order valence-electron chi connectivity index (χ0n) is 18.3. The molecule has 0 saturated carbocycles. The first-order chi connectivity index (χ1) is 14.5. The van der Waals surface area contributed by atoms with E-state index in [2.05, 4.69) is 34.2 Å². The van der Waals surface area contributed by atoms with E-state index >= 15 is 0 Å². The average molecular weight is 415 g/mol. The highest BCUT2D eigenvalue weighted by atomic mass is 16.5. The first-order valence-electron chi connectivity index (χ1n) is 10.5. The van der Waals surface area contributed by atoms with Crippen LogP contribution < -0.4 is 19.7 Å². The highest BCUT2D eigenvalue weighted by Gasteiger charge is 2.36. The Morgan fingerprint density at radius 3 is 2.83 bits per heavy atom. The van der Waals surface area contributed by atoms with Crippen molar-refractivity contribution in [1.82, 2.24) is 15.2 Å². The number of methoxy groups -OCH3 is 1. The lowest BCUT2D eigenvalue weighted by atomic mass is 10.0. The van der Waals surface area contributed by atoms with Gasteiger partial charge in [-0.15, -0.1) is 0 Å². The Balaban J connectivity index is 1.47. The van der Waals surface area contributed by atoms with Gasteiger partial charge in [0.15, 0.2) is 11.5 Å². The topological polar surface area (TPSA) is 70.1 Å². The van der Waals surface area contributed by atoms with Crippen molar-refractivity contribution in [3.8, 4) is 11.5 Å². The number of ether oxygens (including phenoxy) is 2. The first-order valence-corrected chi connectivity index (χ1v) is 10.5. The van der Waals surface area contributed by atoms with Crippen LogP contribution in [0.4, 0.5) is 5.82 Å². The Morgan fingerprint density at radius 1 is 1.23 bits per heavy atom. The molecule has 0 spiro atoms. The number of aliphatic hydroxyl groups is 1. The second kappa shape index (κ2) is 10.6. The molecule has 30 heavy (non-hydrogen) atoms. The van der Waals surface area contributed by atoms with E-state index in [4.69, 9.17) is 9.47 Å². The molecule has 0 unspecified atom stereocenters. The molecule has 2 N–H and O–H groups in total.